The molecule has 0 saturated heterocycles. The minimum Gasteiger partial charge on any atom is -0.489 e. The van der Waals surface area contributed by atoms with Crippen molar-refractivity contribution < 1.29 is 45.7 Å². The Morgan fingerprint density at radius 1 is 0.912 bits per heavy atom. The molecule has 0 bridgehead atoms. The van der Waals surface area contributed by atoms with Crippen LogP contribution in [0.3, 0.4) is 0 Å². The number of hydrogen-bond acceptors (Lipinski definition) is 10. The van der Waals surface area contributed by atoms with E-state index in [0.29, 0.717) is 29.5 Å². The number of rotatable bonds is 16. The molecule has 6 rings (SSSR count). The van der Waals surface area contributed by atoms with Crippen molar-refractivity contribution in [3.63, 3.8) is 0 Å². The largest absolute Gasteiger partial charge is 0.489 e. The van der Waals surface area contributed by atoms with Gasteiger partial charge in [0.05, 0.1) is 27.1 Å². The standard InChI is InChI=1S/C41H43Cl2F2N3O8S/c1-24-10-14-29(46)19-30(16-24)54-40(50)38(26-6-3-2-4-7-26)48-57(51,52)31-9-5-8-28(17-31)39(49)55-36(20-32-33(42)21-47-22-34(32)43)27-13-15-35(56-41(44)45)37(18-27)53-23-25-11-12-25/h2-9,13,15,17-18,21-22,24-25,29-30,36,38,41,48H,10-12,14,16,19-20,23,46H2,1H3/t24?,29?,30?,36-,38?/m0/s1. The number of sulfonamides is 1. The van der Waals surface area contributed by atoms with E-state index in [9.17, 15) is 26.8 Å². The van der Waals surface area contributed by atoms with Crippen molar-refractivity contribution in [2.45, 2.75) is 87.7 Å². The Balaban J connectivity index is 1.27. The van der Waals surface area contributed by atoms with Crippen molar-refractivity contribution >= 4 is 45.2 Å². The number of esters is 2. The third kappa shape index (κ3) is 11.6. The van der Waals surface area contributed by atoms with Gasteiger partial charge in [0.25, 0.3) is 0 Å². The van der Waals surface area contributed by atoms with Crippen LogP contribution in [0, 0.1) is 11.8 Å². The van der Waals surface area contributed by atoms with Crippen LogP contribution in [0.25, 0.3) is 0 Å². The Hall–Kier alpha value is -4.34. The third-order valence-corrected chi connectivity index (χ3v) is 12.0. The molecule has 2 fully saturated rings. The maximum Gasteiger partial charge on any atom is 0.387 e. The number of nitrogens with zero attached hydrogens (tertiary/aromatic N) is 1. The van der Waals surface area contributed by atoms with Crippen LogP contribution in [0.4, 0.5) is 8.78 Å². The highest BCUT2D eigenvalue weighted by Crippen LogP contribution is 2.38. The van der Waals surface area contributed by atoms with Crippen molar-refractivity contribution in [3.8, 4) is 11.5 Å². The zero-order valence-corrected chi connectivity index (χ0v) is 33.3. The summed E-state index contributed by atoms with van der Waals surface area (Å²) in [6.07, 6.45) is 5.69. The van der Waals surface area contributed by atoms with Crippen LogP contribution in [0.15, 0.2) is 90.1 Å². The highest BCUT2D eigenvalue weighted by molar-refractivity contribution is 7.89. The summed E-state index contributed by atoms with van der Waals surface area (Å²) in [7, 11) is -4.46. The number of benzene rings is 3. The van der Waals surface area contributed by atoms with Crippen LogP contribution in [0.2, 0.25) is 10.0 Å². The molecule has 16 heteroatoms. The second kappa shape index (κ2) is 18.9. The van der Waals surface area contributed by atoms with Crippen LogP contribution < -0.4 is 19.9 Å². The summed E-state index contributed by atoms with van der Waals surface area (Å²) in [6.45, 7) is -0.775. The number of aromatic nitrogens is 1. The van der Waals surface area contributed by atoms with Gasteiger partial charge in [-0.25, -0.2) is 18.0 Å². The normalized spacial score (nSPS) is 19.6. The van der Waals surface area contributed by atoms with Gasteiger partial charge in [0.2, 0.25) is 10.0 Å². The molecule has 3 N–H and O–H groups in total. The van der Waals surface area contributed by atoms with Crippen molar-refractivity contribution in [3.05, 3.63) is 117 Å². The number of halogens is 4. The van der Waals surface area contributed by atoms with Gasteiger partial charge in [-0.2, -0.15) is 13.5 Å². The number of carbonyl (C=O) groups is 2. The van der Waals surface area contributed by atoms with E-state index >= 15 is 0 Å². The molecule has 1 heterocycles. The molecular weight excluding hydrogens is 803 g/mol. The number of hydrogen-bond donors (Lipinski definition) is 2. The molecule has 5 atom stereocenters. The molecule has 11 nitrogen and oxygen atoms in total. The SMILES string of the molecule is CC1CCC(N)CC(OC(=O)C(NS(=O)(=O)c2cccc(C(=O)O[C@@H](Cc3c(Cl)cncc3Cl)c3ccc(OC(F)F)c(OCC4CC4)c3)c2)c2ccccc2)C1. The average molecular weight is 847 g/mol. The molecule has 2 saturated carbocycles. The van der Waals surface area contributed by atoms with Gasteiger partial charge in [-0.1, -0.05) is 72.6 Å². The van der Waals surface area contributed by atoms with E-state index in [2.05, 4.69) is 16.6 Å². The molecule has 0 spiro atoms. The summed E-state index contributed by atoms with van der Waals surface area (Å²) < 4.78 is 79.4. The lowest BCUT2D eigenvalue weighted by Gasteiger charge is -2.24. The Kier molecular flexibility index (Phi) is 14.0. The minimum absolute atomic E-state index is 0.0229. The molecule has 4 unspecified atom stereocenters. The second-order valence-electron chi connectivity index (χ2n) is 14.5. The van der Waals surface area contributed by atoms with E-state index in [4.69, 9.17) is 47.9 Å². The van der Waals surface area contributed by atoms with Gasteiger partial charge >= 0.3 is 18.6 Å². The van der Waals surface area contributed by atoms with Gasteiger partial charge in [0.15, 0.2) is 11.5 Å². The van der Waals surface area contributed by atoms with E-state index in [1.807, 2.05) is 0 Å². The monoisotopic (exact) mass is 845 g/mol. The fourth-order valence-electron chi connectivity index (χ4n) is 6.62. The predicted molar refractivity (Wildman–Crippen MR) is 209 cm³/mol. The quantitative estimate of drug-likeness (QED) is 0.0830. The molecule has 3 aromatic carbocycles. The number of ether oxygens (including phenoxy) is 4. The lowest BCUT2D eigenvalue weighted by molar-refractivity contribution is -0.152. The van der Waals surface area contributed by atoms with Gasteiger partial charge in [0, 0.05) is 24.9 Å². The topological polar surface area (TPSA) is 156 Å². The van der Waals surface area contributed by atoms with Gasteiger partial charge in [0.1, 0.15) is 18.2 Å². The molecule has 2 aliphatic rings. The number of nitrogens with two attached hydrogens (primary N) is 1. The second-order valence-corrected chi connectivity index (χ2v) is 17.0. The molecule has 1 aromatic heterocycles. The van der Waals surface area contributed by atoms with Crippen LogP contribution in [-0.2, 0) is 30.7 Å². The van der Waals surface area contributed by atoms with E-state index in [1.165, 1.54) is 48.8 Å². The molecular formula is C41H43Cl2F2N3O8S. The first-order chi connectivity index (χ1) is 27.3. The van der Waals surface area contributed by atoms with Crippen LogP contribution >= 0.6 is 23.2 Å². The molecule has 0 amide bonds. The fourth-order valence-corrected chi connectivity index (χ4v) is 8.36. The van der Waals surface area contributed by atoms with Crippen LogP contribution in [0.5, 0.6) is 11.5 Å². The number of nitrogens with one attached hydrogen (secondary N) is 1. The summed E-state index contributed by atoms with van der Waals surface area (Å²) in [6, 6.07) is 16.1. The van der Waals surface area contributed by atoms with Crippen molar-refractivity contribution in [2.75, 3.05) is 6.61 Å². The predicted octanol–water partition coefficient (Wildman–Crippen LogP) is 8.39. The van der Waals surface area contributed by atoms with Crippen molar-refractivity contribution in [1.29, 1.82) is 0 Å². The van der Waals surface area contributed by atoms with E-state index in [0.717, 1.165) is 31.7 Å². The fraction of sp³-hybridized carbons (Fsp3) is 0.390. The first-order valence-corrected chi connectivity index (χ1v) is 20.8. The number of carbonyl (C=O) groups excluding carboxylic acids is 2. The van der Waals surface area contributed by atoms with E-state index in [-0.39, 0.29) is 62.9 Å². The van der Waals surface area contributed by atoms with Crippen molar-refractivity contribution in [1.82, 2.24) is 9.71 Å². The van der Waals surface area contributed by atoms with Gasteiger partial charge in [-0.05, 0) is 97.4 Å². The van der Waals surface area contributed by atoms with E-state index < -0.39 is 46.8 Å². The third-order valence-electron chi connectivity index (χ3n) is 9.88. The zero-order chi connectivity index (χ0) is 40.7. The van der Waals surface area contributed by atoms with Crippen molar-refractivity contribution in [2.24, 2.45) is 17.6 Å². The molecule has 4 aromatic rings. The Morgan fingerprint density at radius 2 is 1.65 bits per heavy atom. The number of pyridine rings is 1. The minimum atomic E-state index is -4.46. The van der Waals surface area contributed by atoms with Gasteiger partial charge < -0.3 is 24.7 Å². The van der Waals surface area contributed by atoms with Crippen LogP contribution in [-0.4, -0.2) is 50.7 Å². The Bertz CT molecular complexity index is 2110. The Morgan fingerprint density at radius 3 is 2.35 bits per heavy atom. The lowest BCUT2D eigenvalue weighted by atomic mass is 10.0. The summed E-state index contributed by atoms with van der Waals surface area (Å²) in [5, 5.41) is 0.377. The Labute approximate surface area is 340 Å². The van der Waals surface area contributed by atoms with Crippen LogP contribution in [0.1, 0.15) is 84.6 Å². The summed E-state index contributed by atoms with van der Waals surface area (Å²) in [4.78, 5) is 31.3. The summed E-state index contributed by atoms with van der Waals surface area (Å²) >= 11 is 12.9. The lowest BCUT2D eigenvalue weighted by Crippen LogP contribution is -2.37. The maximum atomic E-state index is 14.0. The molecule has 2 aliphatic carbocycles. The highest BCUT2D eigenvalue weighted by atomic mass is 35.5. The van der Waals surface area contributed by atoms with Gasteiger partial charge in [-0.3, -0.25) is 4.98 Å². The van der Waals surface area contributed by atoms with Gasteiger partial charge in [-0.15, -0.1) is 0 Å². The summed E-state index contributed by atoms with van der Waals surface area (Å²) in [5.41, 5.74) is 7.18. The molecule has 57 heavy (non-hydrogen) atoms. The highest BCUT2D eigenvalue weighted by Gasteiger charge is 2.33. The summed E-state index contributed by atoms with van der Waals surface area (Å²) in [5.74, 6) is -1.33. The molecule has 0 aliphatic heterocycles. The molecule has 0 radical (unpaired) electrons. The smallest absolute Gasteiger partial charge is 0.387 e. The number of alkyl halides is 2. The average Bonchev–Trinajstić information content (AvgIpc) is 4.03. The molecule has 304 valence electrons. The maximum absolute atomic E-state index is 14.0. The first kappa shape index (κ1) is 42.3. The zero-order valence-electron chi connectivity index (χ0n) is 31.0. The van der Waals surface area contributed by atoms with E-state index in [1.54, 1.807) is 30.3 Å². The first-order valence-electron chi connectivity index (χ1n) is 18.6.